The van der Waals surface area contributed by atoms with Crippen LogP contribution in [0.4, 0.5) is 5.69 Å². The van der Waals surface area contributed by atoms with Crippen LogP contribution >= 0.6 is 11.6 Å². The van der Waals surface area contributed by atoms with E-state index in [0.717, 1.165) is 50.5 Å². The van der Waals surface area contributed by atoms with E-state index in [-0.39, 0.29) is 11.8 Å². The summed E-state index contributed by atoms with van der Waals surface area (Å²) in [5.41, 5.74) is 1.73. The third-order valence-electron chi connectivity index (χ3n) is 5.04. The van der Waals surface area contributed by atoms with Gasteiger partial charge in [0.1, 0.15) is 5.92 Å². The normalized spacial score (nSPS) is 21.2. The number of amides is 2. The quantitative estimate of drug-likeness (QED) is 0.605. The van der Waals surface area contributed by atoms with Crippen LogP contribution in [0.25, 0.3) is 0 Å². The molecule has 0 aromatic heterocycles. The first-order valence-corrected chi connectivity index (χ1v) is 9.59. The lowest BCUT2D eigenvalue weighted by Gasteiger charge is -2.26. The molecule has 0 aliphatic carbocycles. The molecule has 1 N–H and O–H groups in total. The zero-order valence-corrected chi connectivity index (χ0v) is 15.9. The maximum absolute atomic E-state index is 12.6. The Hall–Kier alpha value is -1.63. The summed E-state index contributed by atoms with van der Waals surface area (Å²) in [7, 11) is 0. The van der Waals surface area contributed by atoms with E-state index in [1.807, 2.05) is 19.1 Å². The van der Waals surface area contributed by atoms with Gasteiger partial charge in [-0.3, -0.25) is 14.5 Å². The second-order valence-electron chi connectivity index (χ2n) is 6.86. The van der Waals surface area contributed by atoms with Gasteiger partial charge in [-0.2, -0.15) is 0 Å². The average molecular weight is 380 g/mol. The molecular formula is C19H26ClN3O3. The predicted molar refractivity (Wildman–Crippen MR) is 102 cm³/mol. The fraction of sp³-hybridized carbons (Fsp3) is 0.579. The maximum atomic E-state index is 12.6. The minimum atomic E-state index is -0.599. The maximum Gasteiger partial charge on any atom is 0.239 e. The lowest BCUT2D eigenvalue weighted by molar-refractivity contribution is -0.132. The van der Waals surface area contributed by atoms with Gasteiger partial charge in [-0.25, -0.2) is 0 Å². The van der Waals surface area contributed by atoms with Crippen LogP contribution < -0.4 is 10.2 Å². The first-order valence-electron chi connectivity index (χ1n) is 9.21. The van der Waals surface area contributed by atoms with Crippen LogP contribution in [0.1, 0.15) is 18.4 Å². The van der Waals surface area contributed by atoms with E-state index >= 15 is 0 Å². The van der Waals surface area contributed by atoms with Crippen LogP contribution in [0, 0.1) is 12.8 Å². The largest absolute Gasteiger partial charge is 0.379 e. The topological polar surface area (TPSA) is 61.9 Å². The molecule has 0 radical (unpaired) electrons. The van der Waals surface area contributed by atoms with Crippen LogP contribution in [-0.2, 0) is 14.3 Å². The molecule has 2 aliphatic rings. The Morgan fingerprint density at radius 3 is 2.81 bits per heavy atom. The highest BCUT2D eigenvalue weighted by Gasteiger charge is 2.37. The number of hydrogen-bond acceptors (Lipinski definition) is 4. The lowest BCUT2D eigenvalue weighted by Crippen LogP contribution is -2.40. The van der Waals surface area contributed by atoms with Gasteiger partial charge in [0.25, 0.3) is 0 Å². The molecule has 0 bridgehead atoms. The number of nitrogens with zero attached hydrogens (tertiary/aromatic N) is 2. The van der Waals surface area contributed by atoms with E-state index in [1.165, 1.54) is 0 Å². The molecule has 2 aliphatic heterocycles. The van der Waals surface area contributed by atoms with Gasteiger partial charge in [-0.1, -0.05) is 17.7 Å². The van der Waals surface area contributed by atoms with Gasteiger partial charge in [0, 0.05) is 36.9 Å². The molecule has 6 nitrogen and oxygen atoms in total. The molecule has 26 heavy (non-hydrogen) atoms. The molecule has 0 unspecified atom stereocenters. The van der Waals surface area contributed by atoms with E-state index in [1.54, 1.807) is 11.0 Å². The van der Waals surface area contributed by atoms with Gasteiger partial charge >= 0.3 is 0 Å². The van der Waals surface area contributed by atoms with Gasteiger partial charge in [-0.05, 0) is 44.0 Å². The molecule has 3 rings (SSSR count). The Bertz CT molecular complexity index is 661. The van der Waals surface area contributed by atoms with Crippen molar-refractivity contribution < 1.29 is 14.3 Å². The van der Waals surface area contributed by atoms with Crippen molar-refractivity contribution in [3.05, 3.63) is 28.8 Å². The minimum absolute atomic E-state index is 0.143. The molecule has 2 saturated heterocycles. The molecule has 142 valence electrons. The number of carbonyl (C=O) groups is 2. The van der Waals surface area contributed by atoms with Crippen LogP contribution in [0.2, 0.25) is 5.02 Å². The molecule has 2 heterocycles. The zero-order chi connectivity index (χ0) is 18.5. The summed E-state index contributed by atoms with van der Waals surface area (Å²) in [6, 6.07) is 5.56. The van der Waals surface area contributed by atoms with Crippen LogP contribution in [0.5, 0.6) is 0 Å². The third-order valence-corrected chi connectivity index (χ3v) is 5.45. The Kier molecular flexibility index (Phi) is 6.51. The number of carbonyl (C=O) groups excluding carboxylic acids is 2. The van der Waals surface area contributed by atoms with Gasteiger partial charge in [0.05, 0.1) is 13.2 Å². The number of rotatable bonds is 6. The SMILES string of the molecule is Cc1ccc(N2CC[C@@H](C(=O)NCCCN3CCOCC3)C2=O)cc1Cl. The van der Waals surface area contributed by atoms with Crippen molar-refractivity contribution in [2.75, 3.05) is 50.8 Å². The smallest absolute Gasteiger partial charge is 0.239 e. The summed E-state index contributed by atoms with van der Waals surface area (Å²) in [4.78, 5) is 29.0. The molecule has 1 aromatic rings. The number of anilines is 1. The van der Waals surface area contributed by atoms with Crippen molar-refractivity contribution >= 4 is 29.1 Å². The Morgan fingerprint density at radius 1 is 1.31 bits per heavy atom. The molecule has 1 atom stereocenters. The summed E-state index contributed by atoms with van der Waals surface area (Å²) >= 11 is 6.16. The summed E-state index contributed by atoms with van der Waals surface area (Å²) in [6.07, 6.45) is 1.42. The van der Waals surface area contributed by atoms with Crippen molar-refractivity contribution in [1.29, 1.82) is 0 Å². The van der Waals surface area contributed by atoms with Crippen molar-refractivity contribution in [3.63, 3.8) is 0 Å². The third kappa shape index (κ3) is 4.55. The van der Waals surface area contributed by atoms with Crippen molar-refractivity contribution in [2.24, 2.45) is 5.92 Å². The first kappa shape index (κ1) is 19.1. The standard InChI is InChI=1S/C19H26ClN3O3/c1-14-3-4-15(13-17(14)20)23-8-5-16(19(23)25)18(24)21-6-2-7-22-9-11-26-12-10-22/h3-4,13,16H,2,5-12H2,1H3,(H,21,24)/t16-/m0/s1. The monoisotopic (exact) mass is 379 g/mol. The molecular weight excluding hydrogens is 354 g/mol. The van der Waals surface area contributed by atoms with E-state index < -0.39 is 5.92 Å². The van der Waals surface area contributed by atoms with Crippen molar-refractivity contribution in [1.82, 2.24) is 10.2 Å². The van der Waals surface area contributed by atoms with Gasteiger partial charge in [0.2, 0.25) is 11.8 Å². The molecule has 2 fully saturated rings. The lowest BCUT2D eigenvalue weighted by atomic mass is 10.1. The number of nitrogens with one attached hydrogen (secondary N) is 1. The van der Waals surface area contributed by atoms with E-state index in [4.69, 9.17) is 16.3 Å². The molecule has 0 saturated carbocycles. The molecule has 7 heteroatoms. The van der Waals surface area contributed by atoms with Crippen molar-refractivity contribution in [2.45, 2.75) is 19.8 Å². The summed E-state index contributed by atoms with van der Waals surface area (Å²) in [5.74, 6) is -0.910. The van der Waals surface area contributed by atoms with Crippen LogP contribution in [-0.4, -0.2) is 62.7 Å². The number of aryl methyl sites for hydroxylation is 1. The number of benzene rings is 1. The summed E-state index contributed by atoms with van der Waals surface area (Å²) < 4.78 is 5.32. The van der Waals surface area contributed by atoms with E-state index in [0.29, 0.717) is 24.5 Å². The Balaban J connectivity index is 1.46. The second kappa shape index (κ2) is 8.84. The van der Waals surface area contributed by atoms with Crippen LogP contribution in [0.15, 0.2) is 18.2 Å². The molecule has 0 spiro atoms. The number of halogens is 1. The zero-order valence-electron chi connectivity index (χ0n) is 15.2. The fourth-order valence-electron chi connectivity index (χ4n) is 3.39. The molecule has 2 amide bonds. The van der Waals surface area contributed by atoms with E-state index in [2.05, 4.69) is 10.2 Å². The van der Waals surface area contributed by atoms with Gasteiger partial charge < -0.3 is 15.0 Å². The number of ether oxygens (including phenoxy) is 1. The predicted octanol–water partition coefficient (Wildman–Crippen LogP) is 1.84. The van der Waals surface area contributed by atoms with Gasteiger partial charge in [0.15, 0.2) is 0 Å². The minimum Gasteiger partial charge on any atom is -0.379 e. The average Bonchev–Trinajstić information content (AvgIpc) is 3.03. The van der Waals surface area contributed by atoms with E-state index in [9.17, 15) is 9.59 Å². The highest BCUT2D eigenvalue weighted by Crippen LogP contribution is 2.28. The Labute approximate surface area is 159 Å². The fourth-order valence-corrected chi connectivity index (χ4v) is 3.57. The highest BCUT2D eigenvalue weighted by atomic mass is 35.5. The van der Waals surface area contributed by atoms with Crippen molar-refractivity contribution in [3.8, 4) is 0 Å². The first-order chi connectivity index (χ1) is 12.6. The second-order valence-corrected chi connectivity index (χ2v) is 7.27. The van der Waals surface area contributed by atoms with Gasteiger partial charge in [-0.15, -0.1) is 0 Å². The number of morpholine rings is 1. The summed E-state index contributed by atoms with van der Waals surface area (Å²) in [6.45, 7) is 7.46. The summed E-state index contributed by atoms with van der Waals surface area (Å²) in [5, 5.41) is 3.55. The number of hydrogen-bond donors (Lipinski definition) is 1. The Morgan fingerprint density at radius 2 is 2.08 bits per heavy atom. The highest BCUT2D eigenvalue weighted by molar-refractivity contribution is 6.31. The molecule has 1 aromatic carbocycles. The van der Waals surface area contributed by atoms with Crippen LogP contribution in [0.3, 0.4) is 0 Å².